The van der Waals surface area contributed by atoms with Crippen LogP contribution in [-0.2, 0) is 9.53 Å². The number of esters is 1. The summed E-state index contributed by atoms with van der Waals surface area (Å²) >= 11 is 0. The molecule has 1 aliphatic rings. The van der Waals surface area contributed by atoms with Gasteiger partial charge in [-0.05, 0) is 29.9 Å². The number of pyridine rings is 1. The van der Waals surface area contributed by atoms with Crippen LogP contribution in [0.1, 0.15) is 30.4 Å². The van der Waals surface area contributed by atoms with Gasteiger partial charge in [0.05, 0.1) is 19.2 Å². The first-order valence-electron chi connectivity index (χ1n) is 8.71. The number of ether oxygens (including phenoxy) is 1. The molecule has 2 atom stereocenters. The molecule has 5 heteroatoms. The predicted molar refractivity (Wildman–Crippen MR) is 100 cm³/mol. The van der Waals surface area contributed by atoms with Crippen molar-refractivity contribution < 1.29 is 9.53 Å². The number of benzene rings is 1. The third kappa shape index (κ3) is 3.87. The van der Waals surface area contributed by atoms with Crippen molar-refractivity contribution in [2.75, 3.05) is 33.8 Å². The average molecular weight is 339 g/mol. The molecule has 0 N–H and O–H groups in total. The number of aromatic nitrogens is 1. The molecular weight excluding hydrogens is 314 g/mol. The van der Waals surface area contributed by atoms with Crippen LogP contribution in [0.5, 0.6) is 0 Å². The van der Waals surface area contributed by atoms with Crippen LogP contribution in [0, 0.1) is 5.92 Å². The van der Waals surface area contributed by atoms with Gasteiger partial charge in [-0.1, -0.05) is 25.1 Å². The molecule has 1 fully saturated rings. The van der Waals surface area contributed by atoms with E-state index in [1.165, 1.54) is 18.1 Å². The molecule has 0 bridgehead atoms. The molecule has 3 rings (SSSR count). The summed E-state index contributed by atoms with van der Waals surface area (Å²) in [6, 6.07) is 8.41. The van der Waals surface area contributed by atoms with Gasteiger partial charge in [-0.3, -0.25) is 19.7 Å². The van der Waals surface area contributed by atoms with Crippen LogP contribution in [0.25, 0.3) is 10.9 Å². The maximum atomic E-state index is 11.7. The van der Waals surface area contributed by atoms with Crippen LogP contribution in [0.3, 0.4) is 0 Å². The molecule has 0 aliphatic carbocycles. The van der Waals surface area contributed by atoms with Crippen molar-refractivity contribution in [3.05, 3.63) is 41.6 Å². The first-order valence-corrected chi connectivity index (χ1v) is 8.71. The number of fused-ring (bicyclic) bond motifs is 1. The molecule has 0 radical (unpaired) electrons. The molecular formula is C20H25N3O2. The normalized spacial score (nSPS) is 21.7. The standard InChI is InChI=1S/C20H25N3O2/c1-14-9-16(12-23(11-14)13-19(24)25-3)17-7-6-15(10-21-2)20-18(17)5-4-8-22-20/h4-8,10,14,16H,9,11-13H2,1-3H3/b21-10+. The summed E-state index contributed by atoms with van der Waals surface area (Å²) < 4.78 is 4.84. The van der Waals surface area contributed by atoms with E-state index < -0.39 is 0 Å². The number of carbonyl (C=O) groups is 1. The molecule has 0 saturated carbocycles. The van der Waals surface area contributed by atoms with Crippen molar-refractivity contribution in [3.8, 4) is 0 Å². The zero-order valence-corrected chi connectivity index (χ0v) is 15.1. The third-order valence-electron chi connectivity index (χ3n) is 4.86. The van der Waals surface area contributed by atoms with E-state index in [4.69, 9.17) is 4.74 Å². The van der Waals surface area contributed by atoms with E-state index >= 15 is 0 Å². The number of hydrogen-bond donors (Lipinski definition) is 0. The second-order valence-electron chi connectivity index (χ2n) is 6.84. The Bertz CT molecular complexity index is 788. The molecule has 5 nitrogen and oxygen atoms in total. The summed E-state index contributed by atoms with van der Waals surface area (Å²) in [5.41, 5.74) is 3.33. The van der Waals surface area contributed by atoms with Crippen molar-refractivity contribution in [1.29, 1.82) is 0 Å². The highest BCUT2D eigenvalue weighted by Gasteiger charge is 2.28. The molecule has 2 heterocycles. The van der Waals surface area contributed by atoms with Crippen molar-refractivity contribution >= 4 is 23.1 Å². The molecule has 2 aromatic rings. The molecule has 2 unspecified atom stereocenters. The maximum absolute atomic E-state index is 11.7. The number of nitrogens with zero attached hydrogens (tertiary/aromatic N) is 3. The van der Waals surface area contributed by atoms with Gasteiger partial charge in [0.2, 0.25) is 0 Å². The summed E-state index contributed by atoms with van der Waals surface area (Å²) in [6.07, 6.45) is 4.79. The summed E-state index contributed by atoms with van der Waals surface area (Å²) in [7, 11) is 3.22. The highest BCUT2D eigenvalue weighted by atomic mass is 16.5. The number of aliphatic imine (C=N–C) groups is 1. The first-order chi connectivity index (χ1) is 12.1. The van der Waals surface area contributed by atoms with Gasteiger partial charge in [-0.15, -0.1) is 0 Å². The largest absolute Gasteiger partial charge is 0.468 e. The fraction of sp³-hybridized carbons (Fsp3) is 0.450. The van der Waals surface area contributed by atoms with Gasteiger partial charge in [-0.2, -0.15) is 0 Å². The van der Waals surface area contributed by atoms with Gasteiger partial charge in [0.25, 0.3) is 0 Å². The van der Waals surface area contributed by atoms with E-state index in [-0.39, 0.29) is 5.97 Å². The van der Waals surface area contributed by atoms with Gasteiger partial charge >= 0.3 is 5.97 Å². The number of likely N-dealkylation sites (tertiary alicyclic amines) is 1. The van der Waals surface area contributed by atoms with Crippen LogP contribution < -0.4 is 0 Å². The Kier molecular flexibility index (Phi) is 5.43. The Labute approximate surface area is 148 Å². The SMILES string of the molecule is C/N=C/c1ccc(C2CC(C)CN(CC(=O)OC)C2)c2cccnc12. The second kappa shape index (κ2) is 7.74. The van der Waals surface area contributed by atoms with E-state index in [2.05, 4.69) is 40.0 Å². The third-order valence-corrected chi connectivity index (χ3v) is 4.86. The van der Waals surface area contributed by atoms with Crippen molar-refractivity contribution in [2.24, 2.45) is 10.9 Å². The number of carbonyl (C=O) groups excluding carboxylic acids is 1. The molecule has 1 aromatic carbocycles. The van der Waals surface area contributed by atoms with Crippen molar-refractivity contribution in [2.45, 2.75) is 19.3 Å². The molecule has 1 saturated heterocycles. The number of piperidine rings is 1. The smallest absolute Gasteiger partial charge is 0.319 e. The summed E-state index contributed by atoms with van der Waals surface area (Å²) in [4.78, 5) is 22.6. The minimum absolute atomic E-state index is 0.172. The summed E-state index contributed by atoms with van der Waals surface area (Å²) in [5, 5.41) is 1.18. The van der Waals surface area contributed by atoms with Gasteiger partial charge in [-0.25, -0.2) is 0 Å². The van der Waals surface area contributed by atoms with Crippen molar-refractivity contribution in [3.63, 3.8) is 0 Å². The van der Waals surface area contributed by atoms with Crippen LogP contribution in [0.15, 0.2) is 35.5 Å². The Morgan fingerprint density at radius 2 is 2.24 bits per heavy atom. The van der Waals surface area contributed by atoms with E-state index in [1.807, 2.05) is 18.5 Å². The van der Waals surface area contributed by atoms with Gasteiger partial charge in [0.1, 0.15) is 0 Å². The lowest BCUT2D eigenvalue weighted by Crippen LogP contribution is -2.41. The Morgan fingerprint density at radius 1 is 1.40 bits per heavy atom. The topological polar surface area (TPSA) is 54.8 Å². The van der Waals surface area contributed by atoms with Crippen LogP contribution in [0.4, 0.5) is 0 Å². The predicted octanol–water partition coefficient (Wildman–Crippen LogP) is 2.88. The van der Waals surface area contributed by atoms with Crippen molar-refractivity contribution in [1.82, 2.24) is 9.88 Å². The monoisotopic (exact) mass is 339 g/mol. The average Bonchev–Trinajstić information content (AvgIpc) is 2.61. The Balaban J connectivity index is 1.95. The number of hydrogen-bond acceptors (Lipinski definition) is 5. The fourth-order valence-electron chi connectivity index (χ4n) is 3.88. The van der Waals surface area contributed by atoms with Gasteiger partial charge in [0.15, 0.2) is 0 Å². The van der Waals surface area contributed by atoms with Crippen LogP contribution in [-0.4, -0.2) is 55.9 Å². The lowest BCUT2D eigenvalue weighted by molar-refractivity contribution is -0.142. The van der Waals surface area contributed by atoms with Crippen LogP contribution >= 0.6 is 0 Å². The minimum Gasteiger partial charge on any atom is -0.468 e. The lowest BCUT2D eigenvalue weighted by atomic mass is 9.83. The van der Waals surface area contributed by atoms with E-state index in [0.29, 0.717) is 18.4 Å². The fourth-order valence-corrected chi connectivity index (χ4v) is 3.88. The zero-order valence-electron chi connectivity index (χ0n) is 15.1. The maximum Gasteiger partial charge on any atom is 0.319 e. The summed E-state index contributed by atoms with van der Waals surface area (Å²) in [6.45, 7) is 4.40. The molecule has 0 amide bonds. The quantitative estimate of drug-likeness (QED) is 0.635. The Morgan fingerprint density at radius 3 is 3.00 bits per heavy atom. The molecule has 132 valence electrons. The second-order valence-corrected chi connectivity index (χ2v) is 6.84. The molecule has 0 spiro atoms. The minimum atomic E-state index is -0.172. The molecule has 1 aromatic heterocycles. The number of rotatable bonds is 4. The highest BCUT2D eigenvalue weighted by molar-refractivity contribution is 5.98. The van der Waals surface area contributed by atoms with Gasteiger partial charge < -0.3 is 4.74 Å². The van der Waals surface area contributed by atoms with E-state index in [0.717, 1.165) is 30.6 Å². The van der Waals surface area contributed by atoms with E-state index in [1.54, 1.807) is 7.05 Å². The van der Waals surface area contributed by atoms with Crippen LogP contribution in [0.2, 0.25) is 0 Å². The van der Waals surface area contributed by atoms with E-state index in [9.17, 15) is 4.79 Å². The first kappa shape index (κ1) is 17.5. The highest BCUT2D eigenvalue weighted by Crippen LogP contribution is 2.34. The zero-order chi connectivity index (χ0) is 17.8. The summed E-state index contributed by atoms with van der Waals surface area (Å²) in [5.74, 6) is 0.744. The molecule has 1 aliphatic heterocycles. The Hall–Kier alpha value is -2.27. The molecule has 25 heavy (non-hydrogen) atoms. The number of methoxy groups -OCH3 is 1. The lowest BCUT2D eigenvalue weighted by Gasteiger charge is -2.36. The van der Waals surface area contributed by atoms with Gasteiger partial charge in [0, 0.05) is 43.5 Å².